The van der Waals surface area contributed by atoms with Crippen LogP contribution in [0.4, 0.5) is 11.6 Å². The Morgan fingerprint density at radius 2 is 1.85 bits per heavy atom. The minimum atomic E-state index is -0.426. The van der Waals surface area contributed by atoms with E-state index in [0.29, 0.717) is 24.1 Å². The number of para-hydroxylation sites is 2. The molecule has 174 valence electrons. The molecule has 0 amide bonds. The fraction of sp³-hybridized carbons (Fsp3) is 0.200. The van der Waals surface area contributed by atoms with Crippen LogP contribution in [0.15, 0.2) is 71.8 Å². The van der Waals surface area contributed by atoms with Crippen LogP contribution in [-0.2, 0) is 13.2 Å². The molecule has 0 bridgehead atoms. The van der Waals surface area contributed by atoms with Gasteiger partial charge in [-0.2, -0.15) is 5.10 Å². The maximum atomic E-state index is 10.8. The molecular weight excluding hydrogens is 434 g/mol. The average molecular weight is 460 g/mol. The molecule has 0 atom stereocenters. The number of hydrazone groups is 1. The Morgan fingerprint density at radius 3 is 2.59 bits per heavy atom. The fourth-order valence-electron chi connectivity index (χ4n) is 3.51. The number of aryl methyl sites for hydroxylation is 1. The number of hydrogen-bond acceptors (Lipinski definition) is 7. The van der Waals surface area contributed by atoms with Crippen molar-refractivity contribution >= 4 is 28.9 Å². The highest BCUT2D eigenvalue weighted by atomic mass is 16.6. The van der Waals surface area contributed by atoms with Crippen molar-refractivity contribution in [2.24, 2.45) is 5.10 Å². The van der Waals surface area contributed by atoms with Crippen LogP contribution >= 0.6 is 0 Å². The molecule has 0 unspecified atom stereocenters. The minimum Gasteiger partial charge on any atom is -0.490 e. The first-order valence-corrected chi connectivity index (χ1v) is 11.0. The van der Waals surface area contributed by atoms with Crippen molar-refractivity contribution in [2.75, 3.05) is 12.0 Å². The molecule has 0 spiro atoms. The van der Waals surface area contributed by atoms with E-state index in [1.54, 1.807) is 18.3 Å². The maximum absolute atomic E-state index is 10.8. The predicted octanol–water partition coefficient (Wildman–Crippen LogP) is 5.39. The van der Waals surface area contributed by atoms with Crippen molar-refractivity contribution in [1.82, 2.24) is 9.55 Å². The van der Waals surface area contributed by atoms with Gasteiger partial charge in [-0.1, -0.05) is 12.1 Å². The van der Waals surface area contributed by atoms with Crippen LogP contribution in [-0.4, -0.2) is 27.3 Å². The first kappa shape index (κ1) is 22.8. The lowest BCUT2D eigenvalue weighted by molar-refractivity contribution is -0.384. The van der Waals surface area contributed by atoms with E-state index in [1.165, 1.54) is 12.1 Å². The van der Waals surface area contributed by atoms with Gasteiger partial charge in [-0.15, -0.1) is 0 Å². The molecule has 0 saturated carbocycles. The summed E-state index contributed by atoms with van der Waals surface area (Å²) in [7, 11) is 0. The van der Waals surface area contributed by atoms with Crippen LogP contribution < -0.4 is 14.9 Å². The molecular formula is C25H25N5O4. The summed E-state index contributed by atoms with van der Waals surface area (Å²) in [6.45, 7) is 5.48. The molecule has 0 aliphatic carbocycles. The third-order valence-electron chi connectivity index (χ3n) is 5.16. The zero-order valence-electron chi connectivity index (χ0n) is 19.0. The normalized spacial score (nSPS) is 11.1. The number of hydrogen-bond donors (Lipinski definition) is 1. The monoisotopic (exact) mass is 459 g/mol. The molecule has 9 heteroatoms. The number of nitro groups is 1. The second-order valence-electron chi connectivity index (χ2n) is 7.39. The van der Waals surface area contributed by atoms with Gasteiger partial charge in [-0.05, 0) is 67.4 Å². The van der Waals surface area contributed by atoms with Crippen LogP contribution in [0.3, 0.4) is 0 Å². The highest BCUT2D eigenvalue weighted by Gasteiger charge is 2.10. The van der Waals surface area contributed by atoms with Crippen molar-refractivity contribution in [3.63, 3.8) is 0 Å². The van der Waals surface area contributed by atoms with Gasteiger partial charge in [0.05, 0.1) is 28.8 Å². The van der Waals surface area contributed by atoms with Crippen LogP contribution in [0.5, 0.6) is 11.5 Å². The van der Waals surface area contributed by atoms with Crippen LogP contribution in [0, 0.1) is 10.1 Å². The van der Waals surface area contributed by atoms with Gasteiger partial charge in [0.2, 0.25) is 5.95 Å². The number of fused-ring (bicyclic) bond motifs is 1. The molecule has 0 saturated heterocycles. The van der Waals surface area contributed by atoms with Crippen LogP contribution in [0.2, 0.25) is 0 Å². The second kappa shape index (κ2) is 10.5. The average Bonchev–Trinajstić information content (AvgIpc) is 3.21. The van der Waals surface area contributed by atoms with Gasteiger partial charge in [0.25, 0.3) is 5.69 Å². The quantitative estimate of drug-likeness (QED) is 0.194. The van der Waals surface area contributed by atoms with Gasteiger partial charge in [0.15, 0.2) is 11.5 Å². The van der Waals surface area contributed by atoms with E-state index in [4.69, 9.17) is 9.47 Å². The number of non-ortho nitro benzene ring substituents is 1. The van der Waals surface area contributed by atoms with Gasteiger partial charge in [0.1, 0.15) is 6.61 Å². The van der Waals surface area contributed by atoms with E-state index < -0.39 is 4.92 Å². The predicted molar refractivity (Wildman–Crippen MR) is 132 cm³/mol. The van der Waals surface area contributed by atoms with Gasteiger partial charge < -0.3 is 14.0 Å². The van der Waals surface area contributed by atoms with Crippen molar-refractivity contribution in [2.45, 2.75) is 27.0 Å². The van der Waals surface area contributed by atoms with Gasteiger partial charge in [-0.25, -0.2) is 10.4 Å². The summed E-state index contributed by atoms with van der Waals surface area (Å²) in [5.74, 6) is 1.85. The van der Waals surface area contributed by atoms with E-state index >= 15 is 0 Å². The molecule has 1 N–H and O–H groups in total. The summed E-state index contributed by atoms with van der Waals surface area (Å²) >= 11 is 0. The Morgan fingerprint density at radius 1 is 1.06 bits per heavy atom. The summed E-state index contributed by atoms with van der Waals surface area (Å²) in [6.07, 6.45) is 1.70. The molecule has 0 aliphatic heterocycles. The molecule has 0 aliphatic rings. The van der Waals surface area contributed by atoms with Gasteiger partial charge in [-0.3, -0.25) is 10.1 Å². The first-order valence-electron chi connectivity index (χ1n) is 11.0. The fourth-order valence-corrected chi connectivity index (χ4v) is 3.51. The smallest absolute Gasteiger partial charge is 0.269 e. The molecule has 1 heterocycles. The highest BCUT2D eigenvalue weighted by Crippen LogP contribution is 2.29. The van der Waals surface area contributed by atoms with E-state index in [1.807, 2.05) is 49.4 Å². The second-order valence-corrected chi connectivity index (χ2v) is 7.39. The van der Waals surface area contributed by atoms with Crippen LogP contribution in [0.25, 0.3) is 11.0 Å². The topological polar surface area (TPSA) is 104 Å². The Bertz CT molecular complexity index is 1310. The molecule has 4 rings (SSSR count). The lowest BCUT2D eigenvalue weighted by Gasteiger charge is -2.12. The third-order valence-corrected chi connectivity index (χ3v) is 5.16. The molecule has 0 fully saturated rings. The lowest BCUT2D eigenvalue weighted by atomic mass is 10.2. The lowest BCUT2D eigenvalue weighted by Crippen LogP contribution is -2.02. The Labute approximate surface area is 196 Å². The van der Waals surface area contributed by atoms with E-state index in [2.05, 4.69) is 27.0 Å². The zero-order chi connectivity index (χ0) is 23.9. The van der Waals surface area contributed by atoms with E-state index in [-0.39, 0.29) is 12.3 Å². The Hall–Kier alpha value is -4.40. The van der Waals surface area contributed by atoms with Crippen molar-refractivity contribution in [3.8, 4) is 11.5 Å². The molecule has 9 nitrogen and oxygen atoms in total. The molecule has 1 aromatic heterocycles. The molecule has 3 aromatic carbocycles. The number of rotatable bonds is 10. The Kier molecular flexibility index (Phi) is 7.02. The van der Waals surface area contributed by atoms with Crippen LogP contribution in [0.1, 0.15) is 25.0 Å². The largest absolute Gasteiger partial charge is 0.490 e. The van der Waals surface area contributed by atoms with Crippen molar-refractivity contribution in [3.05, 3.63) is 88.0 Å². The number of anilines is 1. The van der Waals surface area contributed by atoms with E-state index in [0.717, 1.165) is 28.7 Å². The van der Waals surface area contributed by atoms with Crippen molar-refractivity contribution in [1.29, 1.82) is 0 Å². The highest BCUT2D eigenvalue weighted by molar-refractivity contribution is 5.82. The summed E-state index contributed by atoms with van der Waals surface area (Å²) < 4.78 is 13.7. The summed E-state index contributed by atoms with van der Waals surface area (Å²) in [5, 5.41) is 15.2. The number of nitro benzene ring substituents is 1. The number of nitrogens with one attached hydrogen (secondary N) is 1. The standard InChI is InChI=1S/C25H25N5O4/c1-3-29-22-8-6-5-7-21(22)27-25(29)28-26-16-19-11-14-23(24(15-19)33-4-2)34-17-18-9-12-20(13-10-18)30(31)32/h5-16H,3-4,17H2,1-2H3,(H,27,28)/b26-16-. The number of aromatic nitrogens is 2. The van der Waals surface area contributed by atoms with Gasteiger partial charge >= 0.3 is 0 Å². The summed E-state index contributed by atoms with van der Waals surface area (Å²) in [4.78, 5) is 15.0. The molecule has 0 radical (unpaired) electrons. The van der Waals surface area contributed by atoms with Crippen molar-refractivity contribution < 1.29 is 14.4 Å². The number of imidazole rings is 1. The van der Waals surface area contributed by atoms with E-state index in [9.17, 15) is 10.1 Å². The van der Waals surface area contributed by atoms with Gasteiger partial charge in [0, 0.05) is 18.7 Å². The molecule has 34 heavy (non-hydrogen) atoms. The minimum absolute atomic E-state index is 0.0468. The summed E-state index contributed by atoms with van der Waals surface area (Å²) in [6, 6.07) is 19.8. The number of nitrogens with zero attached hydrogens (tertiary/aromatic N) is 4. The summed E-state index contributed by atoms with van der Waals surface area (Å²) in [5.41, 5.74) is 6.69. The SMILES string of the molecule is CCOc1cc(/C=N\Nc2nc3ccccc3n2CC)ccc1OCc1ccc([N+](=O)[O-])cc1. The third kappa shape index (κ3) is 5.15. The molecule has 4 aromatic rings. The first-order chi connectivity index (χ1) is 16.6. The number of ether oxygens (including phenoxy) is 2. The zero-order valence-corrected chi connectivity index (χ0v) is 19.0. The Balaban J connectivity index is 1.45. The maximum Gasteiger partial charge on any atom is 0.269 e. The number of benzene rings is 3.